The number of hydrogen-bond donors (Lipinski definition) is 2. The lowest BCUT2D eigenvalue weighted by Crippen LogP contribution is -2.68. The third-order valence-corrected chi connectivity index (χ3v) is 6.07. The highest BCUT2D eigenvalue weighted by atomic mass is 15.2. The summed E-state index contributed by atoms with van der Waals surface area (Å²) in [5.74, 6) is 1.90. The molecule has 1 aliphatic heterocycles. The Morgan fingerprint density at radius 1 is 0.722 bits per heavy atom. The lowest BCUT2D eigenvalue weighted by atomic mass is 9.68. The molecule has 2 N–H and O–H groups in total. The van der Waals surface area contributed by atoms with Gasteiger partial charge in [0.1, 0.15) is 0 Å². The molecule has 2 spiro atoms. The Morgan fingerprint density at radius 3 is 1.67 bits per heavy atom. The van der Waals surface area contributed by atoms with Gasteiger partial charge in [0.25, 0.3) is 0 Å². The van der Waals surface area contributed by atoms with Crippen LogP contribution in [0.4, 0.5) is 0 Å². The van der Waals surface area contributed by atoms with E-state index < -0.39 is 0 Å². The molecule has 3 aliphatic rings. The summed E-state index contributed by atoms with van der Waals surface area (Å²) in [5.41, 5.74) is 0.891. The summed E-state index contributed by atoms with van der Waals surface area (Å²) in [6.07, 6.45) is 11.2. The van der Waals surface area contributed by atoms with Crippen molar-refractivity contribution in [2.24, 2.45) is 17.3 Å². The molecule has 18 heavy (non-hydrogen) atoms. The highest BCUT2D eigenvalue weighted by Gasteiger charge is 2.44. The van der Waals surface area contributed by atoms with E-state index in [1.807, 2.05) is 0 Å². The standard InChI is InChI=1S/C16H30N2/c1-13-3-7-15(8-4-13)11-17-16(18-12-15)9-5-14(2)6-10-16/h13-14,17-18H,3-12H2,1-2H3. The van der Waals surface area contributed by atoms with E-state index in [1.54, 1.807) is 0 Å². The van der Waals surface area contributed by atoms with Gasteiger partial charge in [-0.05, 0) is 55.8 Å². The first-order valence-corrected chi connectivity index (χ1v) is 8.12. The van der Waals surface area contributed by atoms with E-state index in [0.717, 1.165) is 11.8 Å². The van der Waals surface area contributed by atoms with Gasteiger partial charge in [-0.15, -0.1) is 0 Å². The first kappa shape index (κ1) is 12.9. The third kappa shape index (κ3) is 2.46. The van der Waals surface area contributed by atoms with Crippen LogP contribution in [0.3, 0.4) is 0 Å². The molecular weight excluding hydrogens is 220 g/mol. The number of hydrogen-bond acceptors (Lipinski definition) is 2. The van der Waals surface area contributed by atoms with E-state index in [1.165, 1.54) is 64.5 Å². The second-order valence-electron chi connectivity index (χ2n) is 7.65. The van der Waals surface area contributed by atoms with Gasteiger partial charge in [-0.2, -0.15) is 0 Å². The molecule has 0 aromatic rings. The fourth-order valence-corrected chi connectivity index (χ4v) is 4.17. The molecule has 0 aromatic heterocycles. The lowest BCUT2D eigenvalue weighted by molar-refractivity contribution is 0.0367. The van der Waals surface area contributed by atoms with Gasteiger partial charge >= 0.3 is 0 Å². The second kappa shape index (κ2) is 4.79. The van der Waals surface area contributed by atoms with Gasteiger partial charge in [-0.25, -0.2) is 0 Å². The molecule has 3 rings (SSSR count). The average molecular weight is 250 g/mol. The maximum atomic E-state index is 3.92. The van der Waals surface area contributed by atoms with E-state index >= 15 is 0 Å². The largest absolute Gasteiger partial charge is 0.299 e. The van der Waals surface area contributed by atoms with E-state index in [0.29, 0.717) is 11.1 Å². The van der Waals surface area contributed by atoms with E-state index in [-0.39, 0.29) is 0 Å². The Morgan fingerprint density at radius 2 is 1.17 bits per heavy atom. The van der Waals surface area contributed by atoms with Crippen LogP contribution in [0.15, 0.2) is 0 Å². The van der Waals surface area contributed by atoms with Gasteiger partial charge < -0.3 is 0 Å². The zero-order valence-electron chi connectivity index (χ0n) is 12.2. The Hall–Kier alpha value is -0.0800. The monoisotopic (exact) mass is 250 g/mol. The molecule has 0 amide bonds. The third-order valence-electron chi connectivity index (χ3n) is 6.07. The normalized spacial score (nSPS) is 49.7. The van der Waals surface area contributed by atoms with Crippen LogP contribution in [0.2, 0.25) is 0 Å². The Balaban J connectivity index is 1.57. The molecule has 3 fully saturated rings. The van der Waals surface area contributed by atoms with Gasteiger partial charge in [0, 0.05) is 13.1 Å². The van der Waals surface area contributed by atoms with Gasteiger partial charge in [0.15, 0.2) is 0 Å². The lowest BCUT2D eigenvalue weighted by Gasteiger charge is -2.52. The summed E-state index contributed by atoms with van der Waals surface area (Å²) in [6, 6.07) is 0. The molecule has 104 valence electrons. The smallest absolute Gasteiger partial charge is 0.0687 e. The summed E-state index contributed by atoms with van der Waals surface area (Å²) in [7, 11) is 0. The minimum Gasteiger partial charge on any atom is -0.299 e. The predicted octanol–water partition coefficient (Wildman–Crippen LogP) is 3.28. The van der Waals surface area contributed by atoms with Crippen LogP contribution in [-0.2, 0) is 0 Å². The fraction of sp³-hybridized carbons (Fsp3) is 1.00. The first-order chi connectivity index (χ1) is 8.62. The zero-order chi connectivity index (χ0) is 12.6. The molecule has 0 radical (unpaired) electrons. The SMILES string of the molecule is CC1CCC2(CC1)CNC1(CCC(C)CC1)NC2. The molecular formula is C16H30N2. The summed E-state index contributed by atoms with van der Waals surface area (Å²) in [5, 5.41) is 7.84. The molecule has 2 saturated carbocycles. The summed E-state index contributed by atoms with van der Waals surface area (Å²) < 4.78 is 0. The molecule has 2 nitrogen and oxygen atoms in total. The van der Waals surface area contributed by atoms with Crippen molar-refractivity contribution in [3.05, 3.63) is 0 Å². The van der Waals surface area contributed by atoms with Crippen molar-refractivity contribution in [3.8, 4) is 0 Å². The van der Waals surface area contributed by atoms with Crippen molar-refractivity contribution >= 4 is 0 Å². The van der Waals surface area contributed by atoms with Crippen molar-refractivity contribution in [3.63, 3.8) is 0 Å². The summed E-state index contributed by atoms with van der Waals surface area (Å²) in [4.78, 5) is 0. The Bertz CT molecular complexity index is 241. The average Bonchev–Trinajstić information content (AvgIpc) is 2.41. The fourth-order valence-electron chi connectivity index (χ4n) is 4.17. The minimum absolute atomic E-state index is 0.306. The van der Waals surface area contributed by atoms with Crippen LogP contribution in [0.5, 0.6) is 0 Å². The predicted molar refractivity (Wildman–Crippen MR) is 76.4 cm³/mol. The van der Waals surface area contributed by atoms with E-state index in [2.05, 4.69) is 24.5 Å². The molecule has 0 atom stereocenters. The van der Waals surface area contributed by atoms with Crippen LogP contribution >= 0.6 is 0 Å². The molecule has 0 bridgehead atoms. The van der Waals surface area contributed by atoms with Crippen LogP contribution < -0.4 is 10.6 Å². The van der Waals surface area contributed by atoms with Crippen molar-refractivity contribution in [1.82, 2.24) is 10.6 Å². The molecule has 1 heterocycles. The van der Waals surface area contributed by atoms with Gasteiger partial charge in [-0.1, -0.05) is 26.7 Å². The molecule has 0 unspecified atom stereocenters. The van der Waals surface area contributed by atoms with E-state index in [9.17, 15) is 0 Å². The maximum Gasteiger partial charge on any atom is 0.0687 e. The van der Waals surface area contributed by atoms with Crippen molar-refractivity contribution in [2.75, 3.05) is 13.1 Å². The molecule has 2 heteroatoms. The van der Waals surface area contributed by atoms with E-state index in [4.69, 9.17) is 0 Å². The van der Waals surface area contributed by atoms with Crippen molar-refractivity contribution < 1.29 is 0 Å². The van der Waals surface area contributed by atoms with Crippen LogP contribution in [0.1, 0.15) is 65.2 Å². The molecule has 1 saturated heterocycles. The maximum absolute atomic E-state index is 3.92. The Kier molecular flexibility index (Phi) is 3.44. The van der Waals surface area contributed by atoms with Crippen molar-refractivity contribution in [2.45, 2.75) is 70.9 Å². The quantitative estimate of drug-likeness (QED) is 0.689. The highest BCUT2D eigenvalue weighted by molar-refractivity contribution is 5.00. The van der Waals surface area contributed by atoms with Gasteiger partial charge in [-0.3, -0.25) is 10.6 Å². The van der Waals surface area contributed by atoms with Crippen LogP contribution in [-0.4, -0.2) is 18.8 Å². The Labute approximate surface area is 112 Å². The second-order valence-corrected chi connectivity index (χ2v) is 7.65. The first-order valence-electron chi connectivity index (χ1n) is 8.12. The number of nitrogens with one attached hydrogen (secondary N) is 2. The van der Waals surface area contributed by atoms with Gasteiger partial charge in [0.05, 0.1) is 5.66 Å². The number of rotatable bonds is 0. The van der Waals surface area contributed by atoms with Gasteiger partial charge in [0.2, 0.25) is 0 Å². The molecule has 0 aromatic carbocycles. The zero-order valence-corrected chi connectivity index (χ0v) is 12.2. The topological polar surface area (TPSA) is 24.1 Å². The molecule has 2 aliphatic carbocycles. The highest BCUT2D eigenvalue weighted by Crippen LogP contribution is 2.42. The summed E-state index contributed by atoms with van der Waals surface area (Å²) in [6.45, 7) is 7.35. The van der Waals surface area contributed by atoms with Crippen LogP contribution in [0.25, 0.3) is 0 Å². The minimum atomic E-state index is 0.306. The summed E-state index contributed by atoms with van der Waals surface area (Å²) >= 11 is 0. The van der Waals surface area contributed by atoms with Crippen LogP contribution in [0, 0.1) is 17.3 Å². The van der Waals surface area contributed by atoms with Crippen molar-refractivity contribution in [1.29, 1.82) is 0 Å².